The lowest BCUT2D eigenvalue weighted by molar-refractivity contribution is -0.151. The zero-order valence-corrected chi connectivity index (χ0v) is 31.1. The van der Waals surface area contributed by atoms with E-state index in [0.29, 0.717) is 19.3 Å². The Kier molecular flexibility index (Phi) is 15.6. The van der Waals surface area contributed by atoms with Crippen LogP contribution in [0.1, 0.15) is 107 Å². The van der Waals surface area contributed by atoms with Crippen molar-refractivity contribution in [2.24, 2.45) is 0 Å². The second-order valence-corrected chi connectivity index (χ2v) is 15.5. The summed E-state index contributed by atoms with van der Waals surface area (Å²) in [6.07, 6.45) is 0.796. The number of aliphatic hydroxyl groups is 1. The Morgan fingerprint density at radius 1 is 0.740 bits per heavy atom. The molecule has 1 aromatic carbocycles. The van der Waals surface area contributed by atoms with Gasteiger partial charge in [-0.3, -0.25) is 9.59 Å². The summed E-state index contributed by atoms with van der Waals surface area (Å²) < 4.78 is 16.0. The van der Waals surface area contributed by atoms with Gasteiger partial charge in [0.05, 0.1) is 5.60 Å². The largest absolute Gasteiger partial charge is 0.508 e. The highest BCUT2D eigenvalue weighted by atomic mass is 16.6. The number of aromatic hydroxyl groups is 2. The van der Waals surface area contributed by atoms with Crippen LogP contribution in [0.15, 0.2) is 23.9 Å². The molecule has 0 radical (unpaired) electrons. The van der Waals surface area contributed by atoms with Gasteiger partial charge in [0.25, 0.3) is 0 Å². The van der Waals surface area contributed by atoms with Crippen LogP contribution in [0.25, 0.3) is 6.08 Å². The maximum atomic E-state index is 13.6. The summed E-state index contributed by atoms with van der Waals surface area (Å²) in [4.78, 5) is 64.5. The van der Waals surface area contributed by atoms with Crippen molar-refractivity contribution in [1.82, 2.24) is 21.3 Å². The van der Waals surface area contributed by atoms with Gasteiger partial charge < -0.3 is 50.8 Å². The highest BCUT2D eigenvalue weighted by Crippen LogP contribution is 2.23. The molecule has 2 atom stereocenters. The molecule has 0 aromatic heterocycles. The maximum Gasteiger partial charge on any atom is 0.407 e. The predicted molar refractivity (Wildman–Crippen MR) is 186 cm³/mol. The summed E-state index contributed by atoms with van der Waals surface area (Å²) in [7, 11) is 0. The van der Waals surface area contributed by atoms with Crippen molar-refractivity contribution < 1.29 is 53.5 Å². The zero-order valence-electron chi connectivity index (χ0n) is 31.1. The number of phenols is 2. The molecule has 282 valence electrons. The number of carbonyl (C=O) groups is 5. The van der Waals surface area contributed by atoms with Gasteiger partial charge in [0.2, 0.25) is 11.8 Å². The van der Waals surface area contributed by atoms with E-state index in [1.54, 1.807) is 62.3 Å². The van der Waals surface area contributed by atoms with Crippen molar-refractivity contribution >= 4 is 36.0 Å². The molecular weight excluding hydrogens is 652 g/mol. The normalized spacial score (nSPS) is 13.7. The lowest BCUT2D eigenvalue weighted by atomic mass is 9.97. The van der Waals surface area contributed by atoms with Crippen molar-refractivity contribution in [1.29, 1.82) is 0 Å². The van der Waals surface area contributed by atoms with Gasteiger partial charge in [0, 0.05) is 25.1 Å². The molecule has 0 bridgehead atoms. The lowest BCUT2D eigenvalue weighted by Crippen LogP contribution is -2.58. The Labute approximate surface area is 294 Å². The molecule has 15 heteroatoms. The Morgan fingerprint density at radius 2 is 1.26 bits per heavy atom. The van der Waals surface area contributed by atoms with Gasteiger partial charge >= 0.3 is 18.2 Å². The standard InChI is InChI=1S/C35H56N4O11/c1-32(2,3)48-29(44)25(18-21-16-23(40)20-24(41)17-21)38-28(43)27(35(10,11)47)39-26(42)19-22(37-31(46)50-34(7,8)9)14-12-13-15-36-30(45)49-33(4,5)6/h16-18,20,22,27,40-41,47H,12-15,19H2,1-11H3,(H,36,45)(H,37,46)(H,38,43)(H,39,42)/b25-18-/t22-,27+/m0/s1. The van der Waals surface area contributed by atoms with E-state index in [1.807, 2.05) is 0 Å². The highest BCUT2D eigenvalue weighted by Gasteiger charge is 2.37. The average Bonchev–Trinajstić information content (AvgIpc) is 2.86. The number of hydrogen-bond donors (Lipinski definition) is 7. The zero-order chi connectivity index (χ0) is 38.7. The van der Waals surface area contributed by atoms with Crippen molar-refractivity contribution in [3.63, 3.8) is 0 Å². The van der Waals surface area contributed by atoms with E-state index in [9.17, 15) is 39.3 Å². The van der Waals surface area contributed by atoms with Crippen LogP contribution in [-0.4, -0.2) is 86.3 Å². The van der Waals surface area contributed by atoms with Gasteiger partial charge in [0.1, 0.15) is 40.0 Å². The first-order valence-electron chi connectivity index (χ1n) is 16.4. The molecule has 0 aliphatic heterocycles. The summed E-state index contributed by atoms with van der Waals surface area (Å²) >= 11 is 0. The van der Waals surface area contributed by atoms with Gasteiger partial charge in [-0.25, -0.2) is 14.4 Å². The van der Waals surface area contributed by atoms with Crippen molar-refractivity contribution in [2.75, 3.05) is 6.54 Å². The summed E-state index contributed by atoms with van der Waals surface area (Å²) in [5.74, 6) is -3.25. The number of phenolic OH excluding ortho intramolecular Hbond substituents is 2. The molecule has 15 nitrogen and oxygen atoms in total. The molecule has 0 aliphatic carbocycles. The number of esters is 1. The number of carbonyl (C=O) groups excluding carboxylic acids is 5. The molecular formula is C35H56N4O11. The minimum absolute atomic E-state index is 0.143. The Morgan fingerprint density at radius 3 is 1.76 bits per heavy atom. The fraction of sp³-hybridized carbons (Fsp3) is 0.629. The van der Waals surface area contributed by atoms with E-state index in [-0.39, 0.29) is 30.0 Å². The van der Waals surface area contributed by atoms with Crippen LogP contribution < -0.4 is 21.3 Å². The minimum Gasteiger partial charge on any atom is -0.508 e. The minimum atomic E-state index is -1.84. The van der Waals surface area contributed by atoms with E-state index < -0.39 is 70.2 Å². The van der Waals surface area contributed by atoms with Gasteiger partial charge in [-0.05, 0) is 119 Å². The number of amides is 4. The van der Waals surface area contributed by atoms with Crippen LogP contribution in [0.2, 0.25) is 0 Å². The Hall–Kier alpha value is -4.53. The maximum absolute atomic E-state index is 13.6. The average molecular weight is 709 g/mol. The van der Waals surface area contributed by atoms with Crippen LogP contribution in [0.5, 0.6) is 11.5 Å². The quantitative estimate of drug-likeness (QED) is 0.0630. The number of rotatable bonds is 14. The number of unbranched alkanes of at least 4 members (excludes halogenated alkanes) is 1. The van der Waals surface area contributed by atoms with Gasteiger partial charge in [-0.2, -0.15) is 0 Å². The molecule has 0 spiro atoms. The first-order valence-corrected chi connectivity index (χ1v) is 16.4. The molecule has 50 heavy (non-hydrogen) atoms. The third-order valence-electron chi connectivity index (χ3n) is 6.19. The summed E-state index contributed by atoms with van der Waals surface area (Å²) in [6.45, 7) is 18.0. The second kappa shape index (κ2) is 17.9. The van der Waals surface area contributed by atoms with Crippen molar-refractivity contribution in [2.45, 2.75) is 136 Å². The van der Waals surface area contributed by atoms with Crippen LogP contribution in [-0.2, 0) is 28.6 Å². The van der Waals surface area contributed by atoms with Gasteiger partial charge in [-0.1, -0.05) is 0 Å². The molecule has 4 amide bonds. The van der Waals surface area contributed by atoms with Crippen molar-refractivity contribution in [3.05, 3.63) is 29.5 Å². The summed E-state index contributed by atoms with van der Waals surface area (Å²) in [5.41, 5.74) is -4.53. The number of nitrogens with one attached hydrogen (secondary N) is 4. The van der Waals surface area contributed by atoms with E-state index in [4.69, 9.17) is 14.2 Å². The third-order valence-corrected chi connectivity index (χ3v) is 6.19. The number of hydrogen-bond acceptors (Lipinski definition) is 11. The number of ether oxygens (including phenoxy) is 3. The smallest absolute Gasteiger partial charge is 0.407 e. The number of alkyl carbamates (subject to hydrolysis) is 2. The molecule has 0 unspecified atom stereocenters. The predicted octanol–water partition coefficient (Wildman–Crippen LogP) is 4.13. The van der Waals surface area contributed by atoms with Crippen LogP contribution >= 0.6 is 0 Å². The fourth-order valence-corrected chi connectivity index (χ4v) is 4.28. The summed E-state index contributed by atoms with van der Waals surface area (Å²) in [6, 6.07) is 1.19. The third kappa shape index (κ3) is 18.9. The van der Waals surface area contributed by atoms with Crippen LogP contribution in [0.4, 0.5) is 9.59 Å². The first-order chi connectivity index (χ1) is 22.6. The molecule has 1 aromatic rings. The summed E-state index contributed by atoms with van der Waals surface area (Å²) in [5, 5.41) is 40.9. The fourth-order valence-electron chi connectivity index (χ4n) is 4.28. The van der Waals surface area contributed by atoms with E-state index in [1.165, 1.54) is 26.0 Å². The van der Waals surface area contributed by atoms with Crippen molar-refractivity contribution in [3.8, 4) is 11.5 Å². The van der Waals surface area contributed by atoms with E-state index >= 15 is 0 Å². The molecule has 0 aliphatic rings. The first kappa shape index (κ1) is 43.5. The monoisotopic (exact) mass is 708 g/mol. The second-order valence-electron chi connectivity index (χ2n) is 15.5. The Bertz CT molecular complexity index is 1360. The van der Waals surface area contributed by atoms with Crippen LogP contribution in [0.3, 0.4) is 0 Å². The molecule has 0 saturated carbocycles. The van der Waals surface area contributed by atoms with Gasteiger partial charge in [-0.15, -0.1) is 0 Å². The van der Waals surface area contributed by atoms with E-state index in [2.05, 4.69) is 21.3 Å². The Balaban J connectivity index is 3.17. The number of benzene rings is 1. The molecule has 0 fully saturated rings. The molecule has 0 saturated heterocycles. The van der Waals surface area contributed by atoms with Gasteiger partial charge in [0.15, 0.2) is 0 Å². The SMILES string of the molecule is CC(C)(C)OC(=O)NCCCC[C@@H](CC(=O)N[C@H](C(=O)N/C(=C\c1cc(O)cc(O)c1)C(=O)OC(C)(C)C)C(C)(C)O)NC(=O)OC(C)(C)C. The van der Waals surface area contributed by atoms with E-state index in [0.717, 1.165) is 12.1 Å². The molecule has 1 rings (SSSR count). The topological polar surface area (TPSA) is 222 Å². The van der Waals surface area contributed by atoms with Crippen LogP contribution in [0, 0.1) is 0 Å². The molecule has 7 N–H and O–H groups in total. The lowest BCUT2D eigenvalue weighted by Gasteiger charge is -2.30. The molecule has 0 heterocycles. The highest BCUT2D eigenvalue weighted by molar-refractivity contribution is 6.00.